The topological polar surface area (TPSA) is 73.6 Å². The molecule has 1 amide bonds. The van der Waals surface area contributed by atoms with Crippen molar-refractivity contribution < 1.29 is 14.3 Å². The molecule has 5 nitrogen and oxygen atoms in total. The van der Waals surface area contributed by atoms with Gasteiger partial charge in [0.15, 0.2) is 0 Å². The summed E-state index contributed by atoms with van der Waals surface area (Å²) in [5, 5.41) is 2.71. The van der Waals surface area contributed by atoms with Gasteiger partial charge in [0.2, 0.25) is 5.91 Å². The summed E-state index contributed by atoms with van der Waals surface area (Å²) in [5.74, 6) is -0.216. The number of anilines is 2. The van der Waals surface area contributed by atoms with Crippen LogP contribution < -0.4 is 11.1 Å². The number of hydrogen-bond donors (Lipinski definition) is 2. The zero-order valence-electron chi connectivity index (χ0n) is 9.53. The summed E-state index contributed by atoms with van der Waals surface area (Å²) in [6.07, 6.45) is 0. The molecular weight excluding hydrogens is 288 g/mol. The van der Waals surface area contributed by atoms with Gasteiger partial charge in [-0.05, 0) is 34.1 Å². The number of hydrogen-bond acceptors (Lipinski definition) is 4. The fourth-order valence-electron chi connectivity index (χ4n) is 1.13. The zero-order chi connectivity index (χ0) is 12.7. The Morgan fingerprint density at radius 1 is 1.47 bits per heavy atom. The third-order valence-electron chi connectivity index (χ3n) is 1.93. The summed E-state index contributed by atoms with van der Waals surface area (Å²) in [6.45, 7) is 0.867. The highest BCUT2D eigenvalue weighted by Gasteiger charge is 2.05. The van der Waals surface area contributed by atoms with Crippen molar-refractivity contribution in [2.75, 3.05) is 38.0 Å². The smallest absolute Gasteiger partial charge is 0.250 e. The van der Waals surface area contributed by atoms with E-state index in [-0.39, 0.29) is 12.5 Å². The molecule has 0 aliphatic carbocycles. The van der Waals surface area contributed by atoms with Crippen LogP contribution >= 0.6 is 15.9 Å². The normalized spacial score (nSPS) is 10.2. The summed E-state index contributed by atoms with van der Waals surface area (Å²) >= 11 is 3.31. The predicted molar refractivity (Wildman–Crippen MR) is 69.9 cm³/mol. The van der Waals surface area contributed by atoms with Crippen LogP contribution in [0.3, 0.4) is 0 Å². The first-order valence-corrected chi connectivity index (χ1v) is 5.84. The van der Waals surface area contributed by atoms with E-state index in [1.807, 2.05) is 0 Å². The zero-order valence-corrected chi connectivity index (χ0v) is 11.1. The summed E-state index contributed by atoms with van der Waals surface area (Å²) < 4.78 is 10.6. The molecule has 0 radical (unpaired) electrons. The van der Waals surface area contributed by atoms with E-state index in [9.17, 15) is 4.79 Å². The molecule has 0 atom stereocenters. The van der Waals surface area contributed by atoms with Gasteiger partial charge in [-0.1, -0.05) is 0 Å². The van der Waals surface area contributed by atoms with Crippen molar-refractivity contribution in [2.45, 2.75) is 0 Å². The number of rotatable bonds is 6. The molecule has 1 rings (SSSR count). The highest BCUT2D eigenvalue weighted by molar-refractivity contribution is 9.10. The van der Waals surface area contributed by atoms with Crippen LogP contribution in [0.5, 0.6) is 0 Å². The molecular formula is C11H15BrN2O3. The molecule has 0 aromatic heterocycles. The van der Waals surface area contributed by atoms with E-state index in [0.29, 0.717) is 24.6 Å². The van der Waals surface area contributed by atoms with Crippen LogP contribution in [-0.4, -0.2) is 32.8 Å². The SMILES string of the molecule is COCCOCC(=O)Nc1ccc(N)cc1Br. The standard InChI is InChI=1S/C11H15BrN2O3/c1-16-4-5-17-7-11(15)14-10-3-2-8(13)6-9(10)12/h2-3,6H,4-5,7,13H2,1H3,(H,14,15). The minimum Gasteiger partial charge on any atom is -0.399 e. The minimum absolute atomic E-state index is 0.000175. The molecule has 0 unspecified atom stereocenters. The van der Waals surface area contributed by atoms with E-state index in [0.717, 1.165) is 4.47 Å². The molecule has 0 saturated heterocycles. The van der Waals surface area contributed by atoms with E-state index < -0.39 is 0 Å². The maximum atomic E-state index is 11.5. The van der Waals surface area contributed by atoms with Crippen molar-refractivity contribution in [1.29, 1.82) is 0 Å². The van der Waals surface area contributed by atoms with Crippen molar-refractivity contribution in [2.24, 2.45) is 0 Å². The molecule has 6 heteroatoms. The number of amides is 1. The predicted octanol–water partition coefficient (Wildman–Crippen LogP) is 1.63. The summed E-state index contributed by atoms with van der Waals surface area (Å²) in [5.41, 5.74) is 6.89. The summed E-state index contributed by atoms with van der Waals surface area (Å²) in [4.78, 5) is 11.5. The van der Waals surface area contributed by atoms with Crippen molar-refractivity contribution in [1.82, 2.24) is 0 Å². The van der Waals surface area contributed by atoms with Gasteiger partial charge in [0, 0.05) is 17.3 Å². The van der Waals surface area contributed by atoms with Crippen LogP contribution in [0.4, 0.5) is 11.4 Å². The average molecular weight is 303 g/mol. The third kappa shape index (κ3) is 5.16. The van der Waals surface area contributed by atoms with Crippen LogP contribution in [0, 0.1) is 0 Å². The van der Waals surface area contributed by atoms with Gasteiger partial charge in [-0.3, -0.25) is 4.79 Å². The fourth-order valence-corrected chi connectivity index (χ4v) is 1.62. The number of nitrogens with two attached hydrogens (primary N) is 1. The lowest BCUT2D eigenvalue weighted by atomic mass is 10.3. The van der Waals surface area contributed by atoms with Crippen LogP contribution in [0.1, 0.15) is 0 Å². The van der Waals surface area contributed by atoms with E-state index in [1.54, 1.807) is 25.3 Å². The van der Waals surface area contributed by atoms with Gasteiger partial charge in [-0.2, -0.15) is 0 Å². The maximum Gasteiger partial charge on any atom is 0.250 e. The van der Waals surface area contributed by atoms with E-state index in [4.69, 9.17) is 15.2 Å². The largest absolute Gasteiger partial charge is 0.399 e. The van der Waals surface area contributed by atoms with E-state index in [1.165, 1.54) is 0 Å². The molecule has 0 heterocycles. The highest BCUT2D eigenvalue weighted by Crippen LogP contribution is 2.24. The second-order valence-corrected chi connectivity index (χ2v) is 4.19. The van der Waals surface area contributed by atoms with Crippen molar-refractivity contribution in [3.05, 3.63) is 22.7 Å². The molecule has 0 bridgehead atoms. The molecule has 3 N–H and O–H groups in total. The Balaban J connectivity index is 2.40. The van der Waals surface area contributed by atoms with Crippen LogP contribution in [0.15, 0.2) is 22.7 Å². The van der Waals surface area contributed by atoms with Gasteiger partial charge >= 0.3 is 0 Å². The molecule has 0 spiro atoms. The quantitative estimate of drug-likeness (QED) is 0.619. The Morgan fingerprint density at radius 2 is 2.24 bits per heavy atom. The number of nitrogens with one attached hydrogen (secondary N) is 1. The molecule has 94 valence electrons. The van der Waals surface area contributed by atoms with Crippen molar-refractivity contribution in [3.8, 4) is 0 Å². The van der Waals surface area contributed by atoms with Crippen LogP contribution in [-0.2, 0) is 14.3 Å². The molecule has 0 fully saturated rings. The molecule has 0 saturated carbocycles. The number of halogens is 1. The maximum absolute atomic E-state index is 11.5. The van der Waals surface area contributed by atoms with Gasteiger partial charge in [-0.25, -0.2) is 0 Å². The molecule has 0 aliphatic heterocycles. The number of ether oxygens (including phenoxy) is 2. The first kappa shape index (κ1) is 14.0. The lowest BCUT2D eigenvalue weighted by Crippen LogP contribution is -2.19. The lowest BCUT2D eigenvalue weighted by Gasteiger charge is -2.08. The summed E-state index contributed by atoms with van der Waals surface area (Å²) in [6, 6.07) is 5.17. The third-order valence-corrected chi connectivity index (χ3v) is 2.59. The number of carbonyl (C=O) groups is 1. The Kier molecular flexibility index (Phi) is 5.96. The monoisotopic (exact) mass is 302 g/mol. The Bertz CT molecular complexity index is 385. The van der Waals surface area contributed by atoms with Gasteiger partial charge in [0.1, 0.15) is 6.61 Å². The van der Waals surface area contributed by atoms with Gasteiger partial charge in [-0.15, -0.1) is 0 Å². The molecule has 1 aromatic rings. The van der Waals surface area contributed by atoms with Gasteiger partial charge in [0.05, 0.1) is 18.9 Å². The second kappa shape index (κ2) is 7.26. The van der Waals surface area contributed by atoms with E-state index >= 15 is 0 Å². The highest BCUT2D eigenvalue weighted by atomic mass is 79.9. The fraction of sp³-hybridized carbons (Fsp3) is 0.364. The number of benzene rings is 1. The van der Waals surface area contributed by atoms with Crippen LogP contribution in [0.25, 0.3) is 0 Å². The van der Waals surface area contributed by atoms with Crippen molar-refractivity contribution in [3.63, 3.8) is 0 Å². The molecule has 17 heavy (non-hydrogen) atoms. The Hall–Kier alpha value is -1.11. The van der Waals surface area contributed by atoms with E-state index in [2.05, 4.69) is 21.2 Å². The van der Waals surface area contributed by atoms with Crippen LogP contribution in [0.2, 0.25) is 0 Å². The number of carbonyl (C=O) groups excluding carboxylic acids is 1. The lowest BCUT2D eigenvalue weighted by molar-refractivity contribution is -0.121. The van der Waals surface area contributed by atoms with Gasteiger partial charge < -0.3 is 20.5 Å². The van der Waals surface area contributed by atoms with Crippen molar-refractivity contribution >= 4 is 33.2 Å². The second-order valence-electron chi connectivity index (χ2n) is 3.33. The molecule has 0 aliphatic rings. The Morgan fingerprint density at radius 3 is 2.88 bits per heavy atom. The molecule has 1 aromatic carbocycles. The summed E-state index contributed by atoms with van der Waals surface area (Å²) in [7, 11) is 1.58. The average Bonchev–Trinajstić information content (AvgIpc) is 2.28. The number of methoxy groups -OCH3 is 1. The minimum atomic E-state index is -0.216. The Labute approximate surface area is 108 Å². The first-order chi connectivity index (χ1) is 8.13. The first-order valence-electron chi connectivity index (χ1n) is 5.05. The number of nitrogen functional groups attached to an aromatic ring is 1. The van der Waals surface area contributed by atoms with Gasteiger partial charge in [0.25, 0.3) is 0 Å².